The Hall–Kier alpha value is -3.42. The number of carbonyl (C=O) groups is 2. The van der Waals surface area contributed by atoms with Gasteiger partial charge in [-0.15, -0.1) is 0 Å². The minimum Gasteiger partial charge on any atom is -0.349 e. The lowest BCUT2D eigenvalue weighted by Crippen LogP contribution is -2.43. The Morgan fingerprint density at radius 2 is 1.74 bits per heavy atom. The van der Waals surface area contributed by atoms with Gasteiger partial charge < -0.3 is 20.2 Å². The molecule has 0 unspecified atom stereocenters. The second-order valence-electron chi connectivity index (χ2n) is 10.7. The van der Waals surface area contributed by atoms with E-state index in [1.165, 1.54) is 6.42 Å². The smallest absolute Gasteiger partial charge is 0.257 e. The Morgan fingerprint density at radius 3 is 2.40 bits per heavy atom. The molecule has 4 rings (SSSR count). The summed E-state index contributed by atoms with van der Waals surface area (Å²) in [5.74, 6) is -0.385. The Balaban J connectivity index is 1.66. The number of hydrogen-bond donors (Lipinski definition) is 3. The summed E-state index contributed by atoms with van der Waals surface area (Å²) in [4.78, 5) is 47.5. The highest BCUT2D eigenvalue weighted by atomic mass is 16.2. The van der Waals surface area contributed by atoms with Crippen LogP contribution in [0.1, 0.15) is 104 Å². The fourth-order valence-electron chi connectivity index (χ4n) is 4.61. The van der Waals surface area contributed by atoms with Gasteiger partial charge in [0, 0.05) is 24.0 Å². The molecule has 2 aromatic heterocycles. The monoisotopic (exact) mass is 477 g/mol. The van der Waals surface area contributed by atoms with Gasteiger partial charge in [0.15, 0.2) is 0 Å². The number of carbonyl (C=O) groups excluding carboxylic acids is 2. The summed E-state index contributed by atoms with van der Waals surface area (Å²) in [6.07, 6.45) is 8.49. The Labute approximate surface area is 205 Å². The lowest BCUT2D eigenvalue weighted by Gasteiger charge is -2.26. The third kappa shape index (κ3) is 5.63. The minimum atomic E-state index is -0.566. The SMILES string of the molecule is Cc1ccc2nc([C@H](C)NC(=O)c3cn(C4CCCCC4)cc(C(=O)NC(C)(C)C)c3=O)[nH]c2c1. The standard InChI is InChI=1S/C27H35N5O3/c1-16-11-12-21-22(13-16)30-24(29-21)17(2)28-25(34)19-14-32(18-9-7-6-8-10-18)15-20(23(19)33)26(35)31-27(3,4)5/h11-15,17-18H,6-10H2,1-5H3,(H,28,34)(H,29,30)(H,31,35)/t17-/m0/s1. The van der Waals surface area contributed by atoms with Crippen LogP contribution in [0.3, 0.4) is 0 Å². The third-order valence-corrected chi connectivity index (χ3v) is 6.43. The lowest BCUT2D eigenvalue weighted by atomic mass is 9.95. The van der Waals surface area contributed by atoms with Gasteiger partial charge in [-0.1, -0.05) is 25.3 Å². The molecule has 0 spiro atoms. The number of hydrogen-bond acceptors (Lipinski definition) is 4. The molecule has 186 valence electrons. The van der Waals surface area contributed by atoms with Crippen molar-refractivity contribution >= 4 is 22.8 Å². The number of benzene rings is 1. The van der Waals surface area contributed by atoms with E-state index in [1.54, 1.807) is 12.4 Å². The predicted molar refractivity (Wildman–Crippen MR) is 137 cm³/mol. The van der Waals surface area contributed by atoms with E-state index in [0.717, 1.165) is 42.3 Å². The van der Waals surface area contributed by atoms with Gasteiger partial charge in [-0.2, -0.15) is 0 Å². The number of pyridine rings is 1. The molecule has 35 heavy (non-hydrogen) atoms. The lowest BCUT2D eigenvalue weighted by molar-refractivity contribution is 0.0917. The maximum Gasteiger partial charge on any atom is 0.257 e. The molecular formula is C27H35N5O3. The van der Waals surface area contributed by atoms with Crippen molar-refractivity contribution in [2.75, 3.05) is 0 Å². The number of imidazole rings is 1. The summed E-state index contributed by atoms with van der Waals surface area (Å²) < 4.78 is 1.89. The summed E-state index contributed by atoms with van der Waals surface area (Å²) in [5.41, 5.74) is 1.70. The molecule has 2 heterocycles. The molecule has 0 saturated heterocycles. The van der Waals surface area contributed by atoms with E-state index < -0.39 is 28.8 Å². The van der Waals surface area contributed by atoms with Crippen LogP contribution in [0.25, 0.3) is 11.0 Å². The first kappa shape index (κ1) is 24.7. The summed E-state index contributed by atoms with van der Waals surface area (Å²) in [7, 11) is 0. The highest BCUT2D eigenvalue weighted by molar-refractivity contribution is 5.99. The molecule has 8 heteroatoms. The van der Waals surface area contributed by atoms with Crippen LogP contribution < -0.4 is 16.1 Å². The fourth-order valence-corrected chi connectivity index (χ4v) is 4.61. The van der Waals surface area contributed by atoms with Crippen LogP contribution in [0.4, 0.5) is 0 Å². The largest absolute Gasteiger partial charge is 0.349 e. The van der Waals surface area contributed by atoms with Crippen LogP contribution in [0.15, 0.2) is 35.4 Å². The maximum absolute atomic E-state index is 13.3. The molecule has 1 fully saturated rings. The molecule has 0 aliphatic heterocycles. The number of aromatic nitrogens is 3. The molecule has 1 aliphatic carbocycles. The van der Waals surface area contributed by atoms with Gasteiger partial charge in [-0.25, -0.2) is 4.98 Å². The van der Waals surface area contributed by atoms with E-state index >= 15 is 0 Å². The highest BCUT2D eigenvalue weighted by Crippen LogP contribution is 2.28. The molecule has 1 aromatic carbocycles. The van der Waals surface area contributed by atoms with Gasteiger partial charge in [-0.3, -0.25) is 14.4 Å². The number of H-pyrrole nitrogens is 1. The molecule has 1 saturated carbocycles. The molecular weight excluding hydrogens is 442 g/mol. The number of aryl methyl sites for hydroxylation is 1. The van der Waals surface area contributed by atoms with Crippen molar-refractivity contribution in [1.29, 1.82) is 0 Å². The van der Waals surface area contributed by atoms with Crippen molar-refractivity contribution in [1.82, 2.24) is 25.2 Å². The van der Waals surface area contributed by atoms with Gasteiger partial charge in [0.25, 0.3) is 11.8 Å². The Morgan fingerprint density at radius 1 is 1.09 bits per heavy atom. The van der Waals surface area contributed by atoms with Crippen LogP contribution in [-0.2, 0) is 0 Å². The second kappa shape index (κ2) is 9.68. The van der Waals surface area contributed by atoms with Crippen LogP contribution in [0, 0.1) is 6.92 Å². The average molecular weight is 478 g/mol. The number of aromatic amines is 1. The van der Waals surface area contributed by atoms with Gasteiger partial charge in [0.1, 0.15) is 17.0 Å². The van der Waals surface area contributed by atoms with E-state index in [9.17, 15) is 14.4 Å². The second-order valence-corrected chi connectivity index (χ2v) is 10.7. The zero-order valence-corrected chi connectivity index (χ0v) is 21.2. The first-order valence-corrected chi connectivity index (χ1v) is 12.4. The van der Waals surface area contributed by atoms with E-state index in [0.29, 0.717) is 5.82 Å². The summed E-state index contributed by atoms with van der Waals surface area (Å²) in [6, 6.07) is 5.62. The van der Waals surface area contributed by atoms with Crippen molar-refractivity contribution in [3.63, 3.8) is 0 Å². The molecule has 3 N–H and O–H groups in total. The fraction of sp³-hybridized carbons (Fsp3) is 0.481. The van der Waals surface area contributed by atoms with E-state index in [2.05, 4.69) is 20.6 Å². The summed E-state index contributed by atoms with van der Waals surface area (Å²) >= 11 is 0. The number of amides is 2. The maximum atomic E-state index is 13.3. The van der Waals surface area contributed by atoms with Crippen molar-refractivity contribution in [3.05, 3.63) is 63.3 Å². The highest BCUT2D eigenvalue weighted by Gasteiger charge is 2.26. The topological polar surface area (TPSA) is 109 Å². The Bertz CT molecular complexity index is 1310. The number of nitrogens with one attached hydrogen (secondary N) is 3. The molecule has 0 radical (unpaired) electrons. The van der Waals surface area contributed by atoms with Crippen LogP contribution in [-0.4, -0.2) is 31.9 Å². The van der Waals surface area contributed by atoms with Crippen molar-refractivity contribution in [2.45, 2.75) is 84.3 Å². The van der Waals surface area contributed by atoms with Gasteiger partial charge >= 0.3 is 0 Å². The predicted octanol–water partition coefficient (Wildman–Crippen LogP) is 4.56. The normalized spacial score (nSPS) is 15.7. The zero-order valence-electron chi connectivity index (χ0n) is 21.2. The van der Waals surface area contributed by atoms with E-state index in [-0.39, 0.29) is 17.2 Å². The molecule has 1 atom stereocenters. The third-order valence-electron chi connectivity index (χ3n) is 6.43. The first-order valence-electron chi connectivity index (χ1n) is 12.4. The van der Waals surface area contributed by atoms with Crippen molar-refractivity contribution < 1.29 is 9.59 Å². The van der Waals surface area contributed by atoms with Crippen LogP contribution in [0.2, 0.25) is 0 Å². The zero-order chi connectivity index (χ0) is 25.3. The number of fused-ring (bicyclic) bond motifs is 1. The number of rotatable bonds is 5. The molecule has 8 nitrogen and oxygen atoms in total. The average Bonchev–Trinajstić information content (AvgIpc) is 3.22. The van der Waals surface area contributed by atoms with Crippen molar-refractivity contribution in [2.24, 2.45) is 0 Å². The Kier molecular flexibility index (Phi) is 6.83. The quantitative estimate of drug-likeness (QED) is 0.501. The molecule has 3 aromatic rings. The van der Waals surface area contributed by atoms with Crippen LogP contribution >= 0.6 is 0 Å². The van der Waals surface area contributed by atoms with E-state index in [4.69, 9.17) is 0 Å². The van der Waals surface area contributed by atoms with Gasteiger partial charge in [-0.05, 0) is 65.2 Å². The van der Waals surface area contributed by atoms with Gasteiger partial charge in [0.05, 0.1) is 17.1 Å². The minimum absolute atomic E-state index is 0.00925. The van der Waals surface area contributed by atoms with E-state index in [1.807, 2.05) is 57.4 Å². The first-order chi connectivity index (χ1) is 16.5. The molecule has 0 bridgehead atoms. The van der Waals surface area contributed by atoms with Crippen molar-refractivity contribution in [3.8, 4) is 0 Å². The molecule has 2 amide bonds. The molecule has 1 aliphatic rings. The summed E-state index contributed by atoms with van der Waals surface area (Å²) in [5, 5.41) is 5.76. The van der Waals surface area contributed by atoms with Gasteiger partial charge in [0.2, 0.25) is 5.43 Å². The number of nitrogens with zero attached hydrogens (tertiary/aromatic N) is 2. The summed E-state index contributed by atoms with van der Waals surface area (Å²) in [6.45, 7) is 9.40. The van der Waals surface area contributed by atoms with Crippen LogP contribution in [0.5, 0.6) is 0 Å².